The molecule has 4 rings (SSSR count). The van der Waals surface area contributed by atoms with Gasteiger partial charge in [-0.25, -0.2) is 4.39 Å². The summed E-state index contributed by atoms with van der Waals surface area (Å²) < 4.78 is 13.4. The number of nitrogens with one attached hydrogen (secondary N) is 1. The number of amides is 1. The van der Waals surface area contributed by atoms with Crippen molar-refractivity contribution < 1.29 is 9.18 Å². The Bertz CT molecular complexity index is 910. The Balaban J connectivity index is 1.55. The smallest absolute Gasteiger partial charge is 0.251 e. The van der Waals surface area contributed by atoms with Gasteiger partial charge in [-0.3, -0.25) is 4.79 Å². The molecule has 0 bridgehead atoms. The number of halogens is 1. The third-order valence-corrected chi connectivity index (χ3v) is 5.69. The number of hydrogen-bond acceptors (Lipinski definition) is 3. The standard InChI is InChI=1S/C21H19FN2OS/c22-17-7-3-6-16(13-17)21(25)23-14-19(20-9-4-12-26-20)24-11-10-15-5-1-2-8-18(15)24/h1-9,12-13,19H,10-11,14H2,(H,23,25)/t19-/m0/s1. The Morgan fingerprint density at radius 1 is 1.15 bits per heavy atom. The van der Waals surface area contributed by atoms with E-state index in [-0.39, 0.29) is 11.9 Å². The summed E-state index contributed by atoms with van der Waals surface area (Å²) in [6.07, 6.45) is 1.01. The van der Waals surface area contributed by atoms with Crippen LogP contribution in [0.15, 0.2) is 66.0 Å². The highest BCUT2D eigenvalue weighted by Gasteiger charge is 2.28. The minimum Gasteiger partial charge on any atom is -0.361 e. The molecule has 0 fully saturated rings. The van der Waals surface area contributed by atoms with Crippen LogP contribution in [0.25, 0.3) is 0 Å². The lowest BCUT2D eigenvalue weighted by Gasteiger charge is -2.30. The molecule has 1 aliphatic heterocycles. The maximum absolute atomic E-state index is 13.4. The van der Waals surface area contributed by atoms with Crippen molar-refractivity contribution in [3.8, 4) is 0 Å². The van der Waals surface area contributed by atoms with Crippen LogP contribution in [-0.4, -0.2) is 19.0 Å². The third-order valence-electron chi connectivity index (χ3n) is 4.71. The van der Waals surface area contributed by atoms with Gasteiger partial charge in [0.2, 0.25) is 0 Å². The van der Waals surface area contributed by atoms with Gasteiger partial charge in [-0.05, 0) is 47.7 Å². The summed E-state index contributed by atoms with van der Waals surface area (Å²) in [5.74, 6) is -0.653. The second kappa shape index (κ2) is 7.30. The monoisotopic (exact) mass is 366 g/mol. The van der Waals surface area contributed by atoms with Crippen LogP contribution < -0.4 is 10.2 Å². The van der Waals surface area contributed by atoms with Crippen molar-refractivity contribution >= 4 is 22.9 Å². The van der Waals surface area contributed by atoms with Crippen LogP contribution in [0.4, 0.5) is 10.1 Å². The van der Waals surface area contributed by atoms with E-state index in [1.165, 1.54) is 28.3 Å². The predicted molar refractivity (Wildman–Crippen MR) is 103 cm³/mol. The fraction of sp³-hybridized carbons (Fsp3) is 0.190. The molecule has 1 N–H and O–H groups in total. The first kappa shape index (κ1) is 16.8. The van der Waals surface area contributed by atoms with Gasteiger partial charge in [-0.1, -0.05) is 30.3 Å². The molecule has 26 heavy (non-hydrogen) atoms. The maximum Gasteiger partial charge on any atom is 0.251 e. The average molecular weight is 366 g/mol. The number of anilines is 1. The molecule has 1 aliphatic rings. The summed E-state index contributed by atoms with van der Waals surface area (Å²) in [5.41, 5.74) is 2.91. The number of nitrogens with zero attached hydrogens (tertiary/aromatic N) is 1. The van der Waals surface area contributed by atoms with Crippen molar-refractivity contribution in [3.05, 3.63) is 87.9 Å². The lowest BCUT2D eigenvalue weighted by Crippen LogP contribution is -2.37. The SMILES string of the molecule is O=C(NC[C@@H](c1cccs1)N1CCc2ccccc21)c1cccc(F)c1. The fourth-order valence-corrected chi connectivity index (χ4v) is 4.29. The molecule has 1 amide bonds. The molecule has 3 aromatic rings. The van der Waals surface area contributed by atoms with E-state index < -0.39 is 5.82 Å². The van der Waals surface area contributed by atoms with Crippen LogP contribution in [0.2, 0.25) is 0 Å². The van der Waals surface area contributed by atoms with E-state index in [0.717, 1.165) is 13.0 Å². The van der Waals surface area contributed by atoms with E-state index >= 15 is 0 Å². The summed E-state index contributed by atoms with van der Waals surface area (Å²) in [6, 6.07) is 18.4. The van der Waals surface area contributed by atoms with Crippen LogP contribution in [0.3, 0.4) is 0 Å². The zero-order valence-corrected chi connectivity index (χ0v) is 15.0. The number of fused-ring (bicyclic) bond motifs is 1. The van der Waals surface area contributed by atoms with Crippen molar-refractivity contribution in [1.82, 2.24) is 5.32 Å². The van der Waals surface area contributed by atoms with E-state index in [2.05, 4.69) is 39.9 Å². The first-order valence-corrected chi connectivity index (χ1v) is 9.52. The van der Waals surface area contributed by atoms with Gasteiger partial charge in [0, 0.05) is 29.2 Å². The summed E-state index contributed by atoms with van der Waals surface area (Å²) in [5, 5.41) is 5.04. The van der Waals surface area contributed by atoms with E-state index in [0.29, 0.717) is 12.1 Å². The number of hydrogen-bond donors (Lipinski definition) is 1. The van der Waals surface area contributed by atoms with Crippen molar-refractivity contribution in [2.75, 3.05) is 18.0 Å². The zero-order valence-electron chi connectivity index (χ0n) is 14.2. The molecule has 2 aromatic carbocycles. The average Bonchev–Trinajstić information content (AvgIpc) is 3.32. The van der Waals surface area contributed by atoms with E-state index in [4.69, 9.17) is 0 Å². The number of benzene rings is 2. The Morgan fingerprint density at radius 3 is 2.85 bits per heavy atom. The van der Waals surface area contributed by atoms with Crippen LogP contribution in [-0.2, 0) is 6.42 Å². The Hall–Kier alpha value is -2.66. The summed E-state index contributed by atoms with van der Waals surface area (Å²) in [7, 11) is 0. The van der Waals surface area contributed by atoms with Gasteiger partial charge in [0.05, 0.1) is 6.04 Å². The lowest BCUT2D eigenvalue weighted by molar-refractivity contribution is 0.0950. The van der Waals surface area contributed by atoms with Gasteiger partial charge in [-0.15, -0.1) is 11.3 Å². The van der Waals surface area contributed by atoms with Crippen LogP contribution in [0, 0.1) is 5.82 Å². The lowest BCUT2D eigenvalue weighted by atomic mass is 10.1. The second-order valence-corrected chi connectivity index (χ2v) is 7.30. The van der Waals surface area contributed by atoms with Crippen LogP contribution in [0.1, 0.15) is 26.8 Å². The first-order valence-electron chi connectivity index (χ1n) is 8.64. The Morgan fingerprint density at radius 2 is 2.04 bits per heavy atom. The molecule has 0 unspecified atom stereocenters. The van der Waals surface area contributed by atoms with E-state index in [1.807, 2.05) is 12.1 Å². The van der Waals surface area contributed by atoms with Gasteiger partial charge in [0.15, 0.2) is 0 Å². The van der Waals surface area contributed by atoms with Crippen molar-refractivity contribution in [2.24, 2.45) is 0 Å². The van der Waals surface area contributed by atoms with E-state index in [1.54, 1.807) is 23.5 Å². The largest absolute Gasteiger partial charge is 0.361 e. The highest BCUT2D eigenvalue weighted by Crippen LogP contribution is 2.36. The summed E-state index contributed by atoms with van der Waals surface area (Å²) in [4.78, 5) is 16.0. The van der Waals surface area contributed by atoms with Crippen molar-refractivity contribution in [1.29, 1.82) is 0 Å². The molecule has 2 heterocycles. The van der Waals surface area contributed by atoms with Gasteiger partial charge >= 0.3 is 0 Å². The highest BCUT2D eigenvalue weighted by atomic mass is 32.1. The van der Waals surface area contributed by atoms with Crippen LogP contribution in [0.5, 0.6) is 0 Å². The molecular weight excluding hydrogens is 347 g/mol. The summed E-state index contributed by atoms with van der Waals surface area (Å²) >= 11 is 1.69. The molecule has 1 atom stereocenters. The zero-order chi connectivity index (χ0) is 17.9. The van der Waals surface area contributed by atoms with Gasteiger partial charge in [0.25, 0.3) is 5.91 Å². The number of rotatable bonds is 5. The normalized spacial score (nSPS) is 14.1. The Kier molecular flexibility index (Phi) is 4.71. The number of carbonyl (C=O) groups is 1. The van der Waals surface area contributed by atoms with Gasteiger partial charge in [0.1, 0.15) is 5.82 Å². The molecule has 5 heteroatoms. The quantitative estimate of drug-likeness (QED) is 0.725. The predicted octanol–water partition coefficient (Wildman–Crippen LogP) is 4.42. The van der Waals surface area contributed by atoms with Gasteiger partial charge in [-0.2, -0.15) is 0 Å². The first-order chi connectivity index (χ1) is 12.7. The van der Waals surface area contributed by atoms with Crippen LogP contribution >= 0.6 is 11.3 Å². The number of carbonyl (C=O) groups excluding carboxylic acids is 1. The molecule has 0 spiro atoms. The van der Waals surface area contributed by atoms with Crippen molar-refractivity contribution in [3.63, 3.8) is 0 Å². The molecule has 3 nitrogen and oxygen atoms in total. The molecule has 0 saturated heterocycles. The molecular formula is C21H19FN2OS. The fourth-order valence-electron chi connectivity index (χ4n) is 3.45. The summed E-state index contributed by atoms with van der Waals surface area (Å²) in [6.45, 7) is 1.40. The van der Waals surface area contributed by atoms with Crippen molar-refractivity contribution in [2.45, 2.75) is 12.5 Å². The molecule has 132 valence electrons. The number of para-hydroxylation sites is 1. The molecule has 0 radical (unpaired) electrons. The Labute approximate surface area is 156 Å². The topological polar surface area (TPSA) is 32.3 Å². The minimum atomic E-state index is -0.402. The van der Waals surface area contributed by atoms with Gasteiger partial charge < -0.3 is 10.2 Å². The molecule has 0 saturated carbocycles. The highest BCUT2D eigenvalue weighted by molar-refractivity contribution is 7.10. The molecule has 0 aliphatic carbocycles. The maximum atomic E-state index is 13.4. The van der Waals surface area contributed by atoms with E-state index in [9.17, 15) is 9.18 Å². The second-order valence-electron chi connectivity index (χ2n) is 6.32. The molecule has 1 aromatic heterocycles. The third kappa shape index (κ3) is 3.35. The minimum absolute atomic E-state index is 0.0659. The number of thiophene rings is 1.